The third-order valence-electron chi connectivity index (χ3n) is 6.96. The van der Waals surface area contributed by atoms with E-state index >= 15 is 0 Å². The number of hydrogen-bond acceptors (Lipinski definition) is 4. The molecular formula is C28H35Cl2NO5S. The van der Waals surface area contributed by atoms with Crippen molar-refractivity contribution < 1.29 is 32.7 Å². The molecule has 6 nitrogen and oxygen atoms in total. The van der Waals surface area contributed by atoms with E-state index in [9.17, 15) is 23.1 Å². The molecule has 0 aliphatic carbocycles. The molecule has 1 N–H and O–H groups in total. The van der Waals surface area contributed by atoms with Crippen molar-refractivity contribution in [1.29, 1.82) is 0 Å². The third-order valence-corrected chi connectivity index (χ3v) is 8.85. The highest BCUT2D eigenvalue weighted by Crippen LogP contribution is 2.52. The second-order valence-electron chi connectivity index (χ2n) is 10.1. The summed E-state index contributed by atoms with van der Waals surface area (Å²) in [6.07, 6.45) is -0.565. The van der Waals surface area contributed by atoms with E-state index in [1.807, 2.05) is 0 Å². The molecule has 0 radical (unpaired) electrons. The van der Waals surface area contributed by atoms with Gasteiger partial charge in [0.05, 0.1) is 28.9 Å². The van der Waals surface area contributed by atoms with E-state index in [4.69, 9.17) is 32.8 Å². The summed E-state index contributed by atoms with van der Waals surface area (Å²) in [5, 5.41) is 6.68. The lowest BCUT2D eigenvalue weighted by Crippen LogP contribution is -2.59. The van der Waals surface area contributed by atoms with E-state index in [2.05, 4.69) is 0 Å². The molecule has 1 saturated heterocycles. The van der Waals surface area contributed by atoms with Crippen LogP contribution in [0.15, 0.2) is 48.5 Å². The molecule has 0 aromatic heterocycles. The predicted octanol–water partition coefficient (Wildman–Crippen LogP) is 6.38. The van der Waals surface area contributed by atoms with E-state index < -0.39 is 82.2 Å². The maximum Gasteiger partial charge on any atom is 0.304 e. The summed E-state index contributed by atoms with van der Waals surface area (Å²) in [7, 11) is -5.33. The number of carboxylic acid groups (broad SMARTS) is 1. The molecule has 1 heterocycles. The Bertz CT molecular complexity index is 1480. The Morgan fingerprint density at radius 2 is 1.81 bits per heavy atom. The number of carboxylic acids is 1. The average molecular weight is 576 g/mol. The summed E-state index contributed by atoms with van der Waals surface area (Å²) >= 11 is 12.5. The van der Waals surface area contributed by atoms with E-state index in [0.717, 1.165) is 0 Å². The van der Waals surface area contributed by atoms with Gasteiger partial charge >= 0.3 is 5.97 Å². The van der Waals surface area contributed by atoms with Crippen molar-refractivity contribution in [3.63, 3.8) is 0 Å². The Morgan fingerprint density at radius 3 is 2.35 bits per heavy atom. The quantitative estimate of drug-likeness (QED) is 0.375. The van der Waals surface area contributed by atoms with Crippen LogP contribution in [0.25, 0.3) is 0 Å². The first-order chi connectivity index (χ1) is 20.0. The fourth-order valence-corrected chi connectivity index (χ4v) is 6.63. The van der Waals surface area contributed by atoms with Gasteiger partial charge in [-0.3, -0.25) is 9.59 Å². The molecule has 3 rings (SSSR count). The van der Waals surface area contributed by atoms with Crippen LogP contribution in [0.1, 0.15) is 80.0 Å². The first-order valence-electron chi connectivity index (χ1n) is 15.2. The van der Waals surface area contributed by atoms with E-state index in [0.29, 0.717) is 21.2 Å². The van der Waals surface area contributed by atoms with Crippen LogP contribution in [-0.4, -0.2) is 47.3 Å². The van der Waals surface area contributed by atoms with Crippen LogP contribution in [0.4, 0.5) is 0 Å². The Kier molecular flexibility index (Phi) is 6.38. The lowest BCUT2D eigenvalue weighted by Gasteiger charge is -2.52. The summed E-state index contributed by atoms with van der Waals surface area (Å²) in [6, 6.07) is 10.9. The van der Waals surface area contributed by atoms with Crippen molar-refractivity contribution in [3.8, 4) is 0 Å². The maximum absolute atomic E-state index is 14.5. The van der Waals surface area contributed by atoms with Gasteiger partial charge in [-0.25, -0.2) is 8.42 Å². The first-order valence-corrected chi connectivity index (χ1v) is 14.2. The second kappa shape index (κ2) is 11.3. The second-order valence-corrected chi connectivity index (χ2v) is 13.0. The molecular weight excluding hydrogens is 533 g/mol. The molecule has 0 saturated carbocycles. The number of aliphatic carboxylic acids is 1. The standard InChI is InChI=1S/C28H35Cl2NO5S/c1-17(2)24(16-37(35,36)18(3)4)31-26(19-9-11-21(29)12-10-19)23(20-7-6-8-22(30)13-20)14-28(5,27(31)34)15-25(32)33/h6-13,17-18,23-24,26H,14-16H2,1-5H3,(H,32,33)/t23-,24+,26-,28-/m1/s1/i3D3,4D3,18D. The van der Waals surface area contributed by atoms with Crippen molar-refractivity contribution in [2.24, 2.45) is 11.3 Å². The fourth-order valence-electron chi connectivity index (χ4n) is 5.15. The lowest BCUT2D eigenvalue weighted by molar-refractivity contribution is -0.161. The molecule has 1 fully saturated rings. The Labute approximate surface area is 239 Å². The van der Waals surface area contributed by atoms with Crippen LogP contribution in [0.2, 0.25) is 10.0 Å². The highest BCUT2D eigenvalue weighted by atomic mass is 35.5. The summed E-state index contributed by atoms with van der Waals surface area (Å²) in [5.74, 6) is -4.49. The molecule has 2 aromatic carbocycles. The number of likely N-dealkylation sites (tertiary alicyclic amines) is 1. The van der Waals surface area contributed by atoms with Gasteiger partial charge in [0.1, 0.15) is 0 Å². The van der Waals surface area contributed by atoms with Gasteiger partial charge in [0.2, 0.25) is 5.91 Å². The number of benzene rings is 2. The molecule has 0 bridgehead atoms. The molecule has 2 aromatic rings. The van der Waals surface area contributed by atoms with E-state index in [-0.39, 0.29) is 6.42 Å². The van der Waals surface area contributed by atoms with Gasteiger partial charge in [-0.05, 0) is 61.4 Å². The van der Waals surface area contributed by atoms with Crippen molar-refractivity contribution in [2.45, 2.75) is 70.5 Å². The normalized spacial score (nSPS) is 27.2. The van der Waals surface area contributed by atoms with Crippen molar-refractivity contribution in [1.82, 2.24) is 4.90 Å². The van der Waals surface area contributed by atoms with Gasteiger partial charge in [-0.1, -0.05) is 68.2 Å². The number of carbonyl (C=O) groups is 2. The molecule has 1 amide bonds. The van der Waals surface area contributed by atoms with Gasteiger partial charge in [0.25, 0.3) is 0 Å². The number of piperidine rings is 1. The van der Waals surface area contributed by atoms with E-state index in [1.54, 1.807) is 62.4 Å². The molecule has 0 unspecified atom stereocenters. The molecule has 9 heteroatoms. The lowest BCUT2D eigenvalue weighted by atomic mass is 9.66. The number of amides is 1. The van der Waals surface area contributed by atoms with Gasteiger partial charge < -0.3 is 10.0 Å². The van der Waals surface area contributed by atoms with Gasteiger partial charge in [0, 0.05) is 31.6 Å². The summed E-state index contributed by atoms with van der Waals surface area (Å²) in [6.45, 7) is -2.89. The average Bonchev–Trinajstić information content (AvgIpc) is 2.87. The number of carbonyl (C=O) groups excluding carboxylic acids is 1. The Hall–Kier alpha value is -2.09. The minimum atomic E-state index is -5.33. The van der Waals surface area contributed by atoms with Gasteiger partial charge in [-0.15, -0.1) is 0 Å². The van der Waals surface area contributed by atoms with Crippen LogP contribution in [0.3, 0.4) is 0 Å². The van der Waals surface area contributed by atoms with Gasteiger partial charge in [0.15, 0.2) is 9.84 Å². The van der Waals surface area contributed by atoms with Crippen LogP contribution >= 0.6 is 23.2 Å². The van der Waals surface area contributed by atoms with Crippen LogP contribution in [-0.2, 0) is 19.4 Å². The smallest absolute Gasteiger partial charge is 0.304 e. The highest BCUT2D eigenvalue weighted by molar-refractivity contribution is 7.92. The number of sulfone groups is 1. The molecule has 1 aliphatic rings. The number of nitrogens with zero attached hydrogens (tertiary/aromatic N) is 1. The maximum atomic E-state index is 14.5. The Morgan fingerprint density at radius 1 is 1.16 bits per heavy atom. The van der Waals surface area contributed by atoms with Crippen LogP contribution < -0.4 is 0 Å². The summed E-state index contributed by atoms with van der Waals surface area (Å²) < 4.78 is 82.7. The third kappa shape index (κ3) is 6.50. The number of hydrogen-bond donors (Lipinski definition) is 1. The molecule has 0 spiro atoms. The molecule has 4 atom stereocenters. The monoisotopic (exact) mass is 574 g/mol. The topological polar surface area (TPSA) is 91.8 Å². The van der Waals surface area contributed by atoms with Crippen molar-refractivity contribution in [3.05, 3.63) is 69.7 Å². The fraction of sp³-hybridized carbons (Fsp3) is 0.500. The number of rotatable bonds is 9. The van der Waals surface area contributed by atoms with E-state index in [1.165, 1.54) is 11.8 Å². The SMILES string of the molecule is [2H]C([2H])([2H])C([2H])(C([2H])([2H])[2H])S(=O)(=O)C[C@@H](C(C)C)N1C(=O)[C@@](C)(CC(=O)O)C[C@H](c2cccc(Cl)c2)[C@H]1c1ccc(Cl)cc1. The minimum Gasteiger partial charge on any atom is -0.481 e. The van der Waals surface area contributed by atoms with Gasteiger partial charge in [-0.2, -0.15) is 0 Å². The van der Waals surface area contributed by atoms with Crippen molar-refractivity contribution >= 4 is 44.9 Å². The van der Waals surface area contributed by atoms with Crippen LogP contribution in [0.5, 0.6) is 0 Å². The summed E-state index contributed by atoms with van der Waals surface area (Å²) in [5.41, 5.74) is -0.390. The number of halogens is 2. The molecule has 202 valence electrons. The van der Waals surface area contributed by atoms with Crippen LogP contribution in [0, 0.1) is 11.3 Å². The molecule has 1 aliphatic heterocycles. The minimum absolute atomic E-state index is 0.0345. The zero-order valence-electron chi connectivity index (χ0n) is 27.7. The zero-order valence-corrected chi connectivity index (χ0v) is 23.1. The summed E-state index contributed by atoms with van der Waals surface area (Å²) in [4.78, 5) is 27.8. The first kappa shape index (κ1) is 20.8. The highest BCUT2D eigenvalue weighted by Gasteiger charge is 2.53. The Balaban J connectivity index is 2.36. The zero-order chi connectivity index (χ0) is 33.6. The predicted molar refractivity (Wildman–Crippen MR) is 148 cm³/mol. The van der Waals surface area contributed by atoms with Crippen molar-refractivity contribution in [2.75, 3.05) is 5.75 Å². The molecule has 37 heavy (non-hydrogen) atoms. The largest absolute Gasteiger partial charge is 0.481 e.